The van der Waals surface area contributed by atoms with Gasteiger partial charge < -0.3 is 15.3 Å². The van der Waals surface area contributed by atoms with E-state index in [9.17, 15) is 9.90 Å². The fourth-order valence-electron chi connectivity index (χ4n) is 3.35. The summed E-state index contributed by atoms with van der Waals surface area (Å²) in [7, 11) is 0. The van der Waals surface area contributed by atoms with E-state index in [4.69, 9.17) is 0 Å². The number of pyridine rings is 1. The fourth-order valence-corrected chi connectivity index (χ4v) is 3.35. The van der Waals surface area contributed by atoms with Gasteiger partial charge in [0.05, 0.1) is 5.69 Å². The molecule has 0 aliphatic carbocycles. The van der Waals surface area contributed by atoms with Crippen LogP contribution in [0.1, 0.15) is 26.2 Å². The summed E-state index contributed by atoms with van der Waals surface area (Å²) in [5.41, 5.74) is 2.67. The number of benzene rings is 1. The van der Waals surface area contributed by atoms with Crippen LogP contribution < -0.4 is 5.32 Å². The molecule has 0 radical (unpaired) electrons. The molecule has 2 heterocycles. The molecule has 1 aliphatic rings. The third-order valence-corrected chi connectivity index (χ3v) is 5.34. The van der Waals surface area contributed by atoms with Crippen LogP contribution in [0, 0.1) is 5.41 Å². The van der Waals surface area contributed by atoms with E-state index in [0.717, 1.165) is 36.1 Å². The van der Waals surface area contributed by atoms with Crippen molar-refractivity contribution in [1.29, 1.82) is 0 Å². The Morgan fingerprint density at radius 2 is 1.96 bits per heavy atom. The highest BCUT2D eigenvalue weighted by Crippen LogP contribution is 2.34. The molecule has 5 heteroatoms. The van der Waals surface area contributed by atoms with E-state index in [1.54, 1.807) is 12.4 Å². The molecule has 132 valence electrons. The van der Waals surface area contributed by atoms with Gasteiger partial charge in [0.2, 0.25) is 0 Å². The predicted octanol–water partition coefficient (Wildman–Crippen LogP) is 3.77. The molecule has 0 spiro atoms. The summed E-state index contributed by atoms with van der Waals surface area (Å²) in [6.07, 6.45) is 6.09. The number of nitrogens with one attached hydrogen (secondary N) is 1. The van der Waals surface area contributed by atoms with Gasteiger partial charge in [-0.15, -0.1) is 0 Å². The largest absolute Gasteiger partial charge is 0.396 e. The Morgan fingerprint density at radius 3 is 2.60 bits per heavy atom. The minimum atomic E-state index is -0.0916. The molecular weight excluding hydrogens is 314 g/mol. The molecule has 1 saturated heterocycles. The number of hydrogen-bond donors (Lipinski definition) is 2. The van der Waals surface area contributed by atoms with Crippen LogP contribution >= 0.6 is 0 Å². The van der Waals surface area contributed by atoms with E-state index >= 15 is 0 Å². The van der Waals surface area contributed by atoms with Crippen molar-refractivity contribution in [2.75, 3.05) is 25.0 Å². The maximum atomic E-state index is 12.7. The van der Waals surface area contributed by atoms with Crippen molar-refractivity contribution < 1.29 is 9.90 Å². The predicted molar refractivity (Wildman–Crippen MR) is 99.3 cm³/mol. The van der Waals surface area contributed by atoms with Crippen LogP contribution in [0.4, 0.5) is 10.5 Å². The summed E-state index contributed by atoms with van der Waals surface area (Å²) < 4.78 is 0. The highest BCUT2D eigenvalue weighted by atomic mass is 16.3. The number of amides is 2. The zero-order valence-corrected chi connectivity index (χ0v) is 14.6. The molecule has 1 aromatic carbocycles. The molecule has 0 unspecified atom stereocenters. The number of carbonyl (C=O) groups excluding carboxylic acids is 1. The van der Waals surface area contributed by atoms with Gasteiger partial charge >= 0.3 is 6.03 Å². The van der Waals surface area contributed by atoms with E-state index in [1.807, 2.05) is 41.3 Å². The highest BCUT2D eigenvalue weighted by molar-refractivity contribution is 5.94. The van der Waals surface area contributed by atoms with Gasteiger partial charge in [-0.1, -0.05) is 37.3 Å². The molecule has 0 atom stereocenters. The molecule has 1 aromatic heterocycles. The number of hydrogen-bond acceptors (Lipinski definition) is 3. The summed E-state index contributed by atoms with van der Waals surface area (Å²) in [5, 5.41) is 12.7. The first-order valence-corrected chi connectivity index (χ1v) is 8.84. The Balaban J connectivity index is 1.71. The minimum Gasteiger partial charge on any atom is -0.396 e. The summed E-state index contributed by atoms with van der Waals surface area (Å²) in [6.45, 7) is 3.65. The Morgan fingerprint density at radius 1 is 1.24 bits per heavy atom. The molecule has 25 heavy (non-hydrogen) atoms. The van der Waals surface area contributed by atoms with Crippen LogP contribution in [0.15, 0.2) is 48.8 Å². The van der Waals surface area contributed by atoms with Gasteiger partial charge in [-0.2, -0.15) is 0 Å². The average Bonchev–Trinajstić information content (AvgIpc) is 2.69. The van der Waals surface area contributed by atoms with Gasteiger partial charge in [-0.05, 0) is 36.3 Å². The van der Waals surface area contributed by atoms with Crippen molar-refractivity contribution in [2.24, 2.45) is 5.41 Å². The maximum Gasteiger partial charge on any atom is 0.321 e. The van der Waals surface area contributed by atoms with Crippen LogP contribution in [0.3, 0.4) is 0 Å². The Labute approximate surface area is 148 Å². The first kappa shape index (κ1) is 17.4. The van der Waals surface area contributed by atoms with Crippen molar-refractivity contribution >= 4 is 11.7 Å². The molecule has 5 nitrogen and oxygen atoms in total. The fraction of sp³-hybridized carbons (Fsp3) is 0.400. The second kappa shape index (κ2) is 7.66. The standard InChI is InChI=1S/C20H25N3O2/c1-2-20(15-24)9-12-23(13-10-20)19(25)22-18-8-11-21-14-17(18)16-6-4-3-5-7-16/h3-8,11,14,24H,2,9-10,12-13,15H2,1H3,(H,21,22,25). The van der Waals surface area contributed by atoms with Crippen LogP contribution in [0.5, 0.6) is 0 Å². The SMILES string of the molecule is CCC1(CO)CCN(C(=O)Nc2ccncc2-c2ccccc2)CC1. The maximum absolute atomic E-state index is 12.7. The smallest absolute Gasteiger partial charge is 0.321 e. The van der Waals surface area contributed by atoms with E-state index < -0.39 is 0 Å². The summed E-state index contributed by atoms with van der Waals surface area (Å²) >= 11 is 0. The van der Waals surface area contributed by atoms with Crippen LogP contribution in [0.2, 0.25) is 0 Å². The third kappa shape index (κ3) is 3.82. The number of aliphatic hydroxyl groups excluding tert-OH is 1. The van der Waals surface area contributed by atoms with E-state index in [2.05, 4.69) is 17.2 Å². The zero-order valence-electron chi connectivity index (χ0n) is 14.6. The normalized spacial score (nSPS) is 16.5. The van der Waals surface area contributed by atoms with E-state index in [1.165, 1.54) is 0 Å². The molecule has 0 saturated carbocycles. The first-order chi connectivity index (χ1) is 12.2. The van der Waals surface area contributed by atoms with E-state index in [0.29, 0.717) is 13.1 Å². The van der Waals surface area contributed by atoms with Crippen molar-refractivity contribution in [1.82, 2.24) is 9.88 Å². The number of likely N-dealkylation sites (tertiary alicyclic amines) is 1. The van der Waals surface area contributed by atoms with Crippen LogP contribution in [0.25, 0.3) is 11.1 Å². The van der Waals surface area contributed by atoms with Crippen LogP contribution in [-0.4, -0.2) is 40.7 Å². The number of carbonyl (C=O) groups is 1. The topological polar surface area (TPSA) is 65.5 Å². The molecule has 1 fully saturated rings. The summed E-state index contributed by atoms with van der Waals surface area (Å²) in [5.74, 6) is 0. The van der Waals surface area contributed by atoms with Gasteiger partial charge in [0, 0.05) is 37.7 Å². The molecule has 2 N–H and O–H groups in total. The lowest BCUT2D eigenvalue weighted by Gasteiger charge is -2.40. The monoisotopic (exact) mass is 339 g/mol. The second-order valence-electron chi connectivity index (χ2n) is 6.72. The molecule has 0 bridgehead atoms. The van der Waals surface area contributed by atoms with Gasteiger partial charge in [0.1, 0.15) is 0 Å². The van der Waals surface area contributed by atoms with Gasteiger partial charge in [-0.3, -0.25) is 4.98 Å². The minimum absolute atomic E-state index is 0.0252. The second-order valence-corrected chi connectivity index (χ2v) is 6.72. The number of nitrogens with zero attached hydrogens (tertiary/aromatic N) is 2. The number of rotatable bonds is 4. The number of aliphatic hydroxyl groups is 1. The number of anilines is 1. The highest BCUT2D eigenvalue weighted by Gasteiger charge is 2.34. The molecule has 1 aliphatic heterocycles. The summed E-state index contributed by atoms with van der Waals surface area (Å²) in [6, 6.07) is 11.7. The lowest BCUT2D eigenvalue weighted by Crippen LogP contribution is -2.46. The third-order valence-electron chi connectivity index (χ3n) is 5.34. The summed E-state index contributed by atoms with van der Waals surface area (Å²) in [4.78, 5) is 18.7. The van der Waals surface area contributed by atoms with Crippen molar-refractivity contribution in [3.05, 3.63) is 48.8 Å². The lowest BCUT2D eigenvalue weighted by atomic mass is 9.77. The molecule has 3 rings (SSSR count). The van der Waals surface area contributed by atoms with E-state index in [-0.39, 0.29) is 18.1 Å². The van der Waals surface area contributed by atoms with Gasteiger partial charge in [-0.25, -0.2) is 4.79 Å². The Hall–Kier alpha value is -2.40. The van der Waals surface area contributed by atoms with Gasteiger partial charge in [0.25, 0.3) is 0 Å². The quantitative estimate of drug-likeness (QED) is 0.891. The Kier molecular flexibility index (Phi) is 5.34. The zero-order chi connectivity index (χ0) is 17.7. The molecule has 2 aromatic rings. The molecule has 2 amide bonds. The van der Waals surface area contributed by atoms with Crippen molar-refractivity contribution in [3.63, 3.8) is 0 Å². The average molecular weight is 339 g/mol. The lowest BCUT2D eigenvalue weighted by molar-refractivity contribution is 0.0542. The van der Waals surface area contributed by atoms with Crippen molar-refractivity contribution in [3.8, 4) is 11.1 Å². The molecular formula is C20H25N3O2. The number of aromatic nitrogens is 1. The Bertz CT molecular complexity index is 704. The van der Waals surface area contributed by atoms with Crippen molar-refractivity contribution in [2.45, 2.75) is 26.2 Å². The first-order valence-electron chi connectivity index (χ1n) is 8.84. The number of piperidine rings is 1. The van der Waals surface area contributed by atoms with Gasteiger partial charge in [0.15, 0.2) is 0 Å². The number of urea groups is 1. The van der Waals surface area contributed by atoms with Crippen LogP contribution in [-0.2, 0) is 0 Å².